The van der Waals surface area contributed by atoms with E-state index >= 15 is 0 Å². The topological polar surface area (TPSA) is 139 Å². The fourth-order valence-electron chi connectivity index (χ4n) is 17.8. The predicted molar refractivity (Wildman–Crippen MR) is 523 cm³/mol. The van der Waals surface area contributed by atoms with Crippen molar-refractivity contribution in [2.45, 2.75) is 0 Å². The van der Waals surface area contributed by atoms with E-state index in [0.29, 0.717) is 17.3 Å². The second-order valence-electron chi connectivity index (χ2n) is 31.7. The van der Waals surface area contributed by atoms with E-state index in [0.717, 1.165) is 212 Å². The van der Waals surface area contributed by atoms with Gasteiger partial charge in [-0.05, 0) is 101 Å². The lowest BCUT2D eigenvalue weighted by Gasteiger charge is -2.17. The standard InChI is InChI=1S/C59H38N6.C57H36N6/c1-6-19-40(20-7-1)55-53(56(41-21-8-2-9-22-41)63-58(62-55)43-23-10-3-11-24-43)50-32-18-31-48(60-50)39-33-35-42(36-34-39)54-52-47(46-29-16-17-30-49(46)61-54)37-38-51-57(52)64-59(44-25-12-4-13-26-44)65(51)45-27-14-5-15-28-45;1-4-15-37(16-5-1)38-27-31-40(32-28-38)53-46-22-11-13-24-49(46)60-56(61-53)50-26-14-25-47(58-50)39-29-33-41(34-30-39)54-52-45(44-21-10-12-23-48(44)59-54)35-36-51-55(52)62-57(42-17-6-2-7-18-42)63(51)43-19-8-3-9-20-43/h1-38H;1-36H. The molecule has 0 aliphatic heterocycles. The average Bonchev–Trinajstić information content (AvgIpc) is 1.54. The van der Waals surface area contributed by atoms with Gasteiger partial charge in [0.05, 0.1) is 89.7 Å². The molecule has 0 saturated heterocycles. The number of imidazole rings is 2. The molecule has 128 heavy (non-hydrogen) atoms. The van der Waals surface area contributed by atoms with Gasteiger partial charge >= 0.3 is 0 Å². The second kappa shape index (κ2) is 32.7. The van der Waals surface area contributed by atoms with Crippen LogP contribution in [0.3, 0.4) is 0 Å². The molecule has 12 nitrogen and oxygen atoms in total. The van der Waals surface area contributed by atoms with E-state index in [1.54, 1.807) is 0 Å². The van der Waals surface area contributed by atoms with E-state index in [-0.39, 0.29) is 0 Å². The van der Waals surface area contributed by atoms with Gasteiger partial charge in [-0.25, -0.2) is 49.8 Å². The Balaban J connectivity index is 0.000000147. The molecule has 0 N–H and O–H groups in total. The average molecular weight is 1640 g/mol. The maximum absolute atomic E-state index is 5.47. The molecule has 598 valence electrons. The number of pyridine rings is 4. The number of para-hydroxylation sites is 5. The number of aromatic nitrogens is 12. The number of rotatable bonds is 15. The quantitative estimate of drug-likeness (QED) is 0.0912. The summed E-state index contributed by atoms with van der Waals surface area (Å²) >= 11 is 0. The lowest BCUT2D eigenvalue weighted by Crippen LogP contribution is -2.02. The SMILES string of the molecule is c1ccc(-c2ccc(-c3nc(-c4cccc(-c5ccc(-c6nc7ccccc7c7ccc8c(nc(-c9ccccc9)n8-c8ccccc8)c67)cc5)n4)nc4ccccc34)cc2)cc1.c1ccc(-c2nc(-c3ccccc3)c(-c3cccc(-c4ccc(-c5nc6ccccc6c6ccc7c(nc(-c8ccccc8)n7-c7ccccc7)c56)cc4)n3)c(-c3ccccc3)n2)cc1. The van der Waals surface area contributed by atoms with Crippen LogP contribution in [0.1, 0.15) is 0 Å². The van der Waals surface area contributed by atoms with E-state index in [4.69, 9.17) is 49.8 Å². The largest absolute Gasteiger partial charge is 0.292 e. The first-order valence-electron chi connectivity index (χ1n) is 42.9. The Morgan fingerprint density at radius 3 is 0.914 bits per heavy atom. The monoisotopic (exact) mass is 1630 g/mol. The highest BCUT2D eigenvalue weighted by atomic mass is 15.1. The molecule has 0 saturated carbocycles. The molecule has 24 aromatic rings. The first-order valence-corrected chi connectivity index (χ1v) is 42.9. The van der Waals surface area contributed by atoms with Gasteiger partial charge in [-0.15, -0.1) is 0 Å². The van der Waals surface area contributed by atoms with E-state index in [2.05, 4.69) is 331 Å². The zero-order chi connectivity index (χ0) is 84.8. The fourth-order valence-corrected chi connectivity index (χ4v) is 17.8. The van der Waals surface area contributed by atoms with Gasteiger partial charge < -0.3 is 0 Å². The van der Waals surface area contributed by atoms with E-state index in [1.807, 2.05) is 127 Å². The van der Waals surface area contributed by atoms with E-state index in [9.17, 15) is 0 Å². The number of fused-ring (bicyclic) bond motifs is 11. The van der Waals surface area contributed by atoms with Crippen LogP contribution in [0.25, 0.3) is 235 Å². The summed E-state index contributed by atoms with van der Waals surface area (Å²) in [5.74, 6) is 3.00. The zero-order valence-corrected chi connectivity index (χ0v) is 69.1. The molecule has 0 amide bonds. The summed E-state index contributed by atoms with van der Waals surface area (Å²) in [5, 5.41) is 7.43. The van der Waals surface area contributed by atoms with Crippen LogP contribution in [0.5, 0.6) is 0 Å². The van der Waals surface area contributed by atoms with Gasteiger partial charge in [0.25, 0.3) is 0 Å². The number of benzene rings is 16. The van der Waals surface area contributed by atoms with Crippen LogP contribution >= 0.6 is 0 Å². The Morgan fingerprint density at radius 2 is 0.469 bits per heavy atom. The highest BCUT2D eigenvalue weighted by Crippen LogP contribution is 2.46. The highest BCUT2D eigenvalue weighted by molar-refractivity contribution is 6.22. The third-order valence-corrected chi connectivity index (χ3v) is 23.9. The first-order chi connectivity index (χ1) is 63.5. The molecule has 8 aromatic heterocycles. The molecular weight excluding hydrogens is 1560 g/mol. The van der Waals surface area contributed by atoms with Gasteiger partial charge in [-0.3, -0.25) is 9.13 Å². The zero-order valence-electron chi connectivity index (χ0n) is 69.1. The van der Waals surface area contributed by atoms with E-state index < -0.39 is 0 Å². The van der Waals surface area contributed by atoms with Crippen molar-refractivity contribution in [3.05, 3.63) is 449 Å². The summed E-state index contributed by atoms with van der Waals surface area (Å²) in [6.45, 7) is 0. The first kappa shape index (κ1) is 75.5. The Labute approximate surface area is 737 Å². The third kappa shape index (κ3) is 14.0. The van der Waals surface area contributed by atoms with Crippen molar-refractivity contribution in [1.82, 2.24) is 59.0 Å². The Kier molecular flexibility index (Phi) is 19.3. The molecule has 24 rings (SSSR count). The van der Waals surface area contributed by atoms with Gasteiger partial charge in [0.2, 0.25) is 0 Å². The number of hydrogen-bond acceptors (Lipinski definition) is 10. The van der Waals surface area contributed by atoms with Crippen molar-refractivity contribution in [2.75, 3.05) is 0 Å². The summed E-state index contributed by atoms with van der Waals surface area (Å²) in [5.41, 5.74) is 29.3. The Morgan fingerprint density at radius 1 is 0.156 bits per heavy atom. The molecule has 0 spiro atoms. The van der Waals surface area contributed by atoms with Crippen molar-refractivity contribution in [1.29, 1.82) is 0 Å². The van der Waals surface area contributed by atoms with Crippen LogP contribution in [0.15, 0.2) is 449 Å². The summed E-state index contributed by atoms with van der Waals surface area (Å²) in [7, 11) is 0. The Hall–Kier alpha value is -17.5. The van der Waals surface area contributed by atoms with Crippen molar-refractivity contribution in [3.8, 4) is 158 Å². The lowest BCUT2D eigenvalue weighted by atomic mass is 9.96. The van der Waals surface area contributed by atoms with Gasteiger partial charge in [-0.1, -0.05) is 370 Å². The van der Waals surface area contributed by atoms with E-state index in [1.165, 1.54) is 5.56 Å². The summed E-state index contributed by atoms with van der Waals surface area (Å²) in [6, 6.07) is 155. The van der Waals surface area contributed by atoms with Crippen LogP contribution in [0.2, 0.25) is 0 Å². The normalized spacial score (nSPS) is 11.4. The molecule has 0 unspecified atom stereocenters. The second-order valence-corrected chi connectivity index (χ2v) is 31.7. The highest BCUT2D eigenvalue weighted by Gasteiger charge is 2.27. The maximum Gasteiger partial charge on any atom is 0.179 e. The summed E-state index contributed by atoms with van der Waals surface area (Å²) in [6.07, 6.45) is 0. The van der Waals surface area contributed by atoms with Crippen LogP contribution in [0.4, 0.5) is 0 Å². The molecule has 16 aromatic carbocycles. The molecule has 0 aliphatic carbocycles. The minimum atomic E-state index is 0.579. The van der Waals surface area contributed by atoms with Crippen molar-refractivity contribution < 1.29 is 0 Å². The maximum atomic E-state index is 5.47. The molecular formula is C116H74N12. The van der Waals surface area contributed by atoms with Gasteiger partial charge in [0, 0.05) is 93.9 Å². The number of nitrogens with zero attached hydrogens (tertiary/aromatic N) is 12. The minimum absolute atomic E-state index is 0.579. The lowest BCUT2D eigenvalue weighted by molar-refractivity contribution is 1.10. The van der Waals surface area contributed by atoms with Crippen LogP contribution < -0.4 is 0 Å². The minimum Gasteiger partial charge on any atom is -0.292 e. The summed E-state index contributed by atoms with van der Waals surface area (Å²) < 4.78 is 4.52. The fraction of sp³-hybridized carbons (Fsp3) is 0. The molecule has 0 bridgehead atoms. The predicted octanol–water partition coefficient (Wildman–Crippen LogP) is 28.6. The van der Waals surface area contributed by atoms with Crippen molar-refractivity contribution in [3.63, 3.8) is 0 Å². The molecule has 8 heterocycles. The molecule has 12 heteroatoms. The molecule has 0 fully saturated rings. The van der Waals surface area contributed by atoms with Gasteiger partial charge in [-0.2, -0.15) is 0 Å². The molecule has 0 aliphatic rings. The number of hydrogen-bond donors (Lipinski definition) is 0. The van der Waals surface area contributed by atoms with Gasteiger partial charge in [0.15, 0.2) is 11.6 Å². The van der Waals surface area contributed by atoms with Crippen molar-refractivity contribution in [2.24, 2.45) is 0 Å². The molecule has 0 radical (unpaired) electrons. The summed E-state index contributed by atoms with van der Waals surface area (Å²) in [4.78, 5) is 52.9. The van der Waals surface area contributed by atoms with Crippen LogP contribution in [-0.4, -0.2) is 59.0 Å². The van der Waals surface area contributed by atoms with Crippen molar-refractivity contribution >= 4 is 76.3 Å². The third-order valence-electron chi connectivity index (χ3n) is 23.9. The Bertz CT molecular complexity index is 8230. The van der Waals surface area contributed by atoms with Crippen LogP contribution in [-0.2, 0) is 0 Å². The van der Waals surface area contributed by atoms with Crippen LogP contribution in [0, 0.1) is 0 Å². The van der Waals surface area contributed by atoms with Gasteiger partial charge in [0.1, 0.15) is 17.3 Å². The smallest absolute Gasteiger partial charge is 0.179 e. The molecule has 0 atom stereocenters.